The summed E-state index contributed by atoms with van der Waals surface area (Å²) in [6, 6.07) is 9.03. The zero-order valence-electron chi connectivity index (χ0n) is 11.8. The number of nitrogens with one attached hydrogen (secondary N) is 1. The van der Waals surface area contributed by atoms with Gasteiger partial charge in [0.1, 0.15) is 11.6 Å². The molecular formula is C16H16Br2FNO. The van der Waals surface area contributed by atoms with Crippen LogP contribution in [0, 0.1) is 12.7 Å². The van der Waals surface area contributed by atoms with E-state index in [1.807, 2.05) is 25.1 Å². The summed E-state index contributed by atoms with van der Waals surface area (Å²) in [6.45, 7) is 4.37. The molecule has 0 saturated heterocycles. The maximum atomic E-state index is 13.6. The minimum absolute atomic E-state index is 0.0338. The number of halogens is 3. The third-order valence-corrected chi connectivity index (χ3v) is 4.59. The van der Waals surface area contributed by atoms with Crippen LogP contribution in [0.25, 0.3) is 0 Å². The molecule has 0 saturated carbocycles. The van der Waals surface area contributed by atoms with Crippen LogP contribution in [0.2, 0.25) is 0 Å². The monoisotopic (exact) mass is 415 g/mol. The van der Waals surface area contributed by atoms with Gasteiger partial charge in [0.25, 0.3) is 0 Å². The highest BCUT2D eigenvalue weighted by atomic mass is 79.9. The van der Waals surface area contributed by atoms with Crippen molar-refractivity contribution in [2.24, 2.45) is 0 Å². The van der Waals surface area contributed by atoms with Crippen LogP contribution >= 0.6 is 31.9 Å². The lowest BCUT2D eigenvalue weighted by atomic mass is 10.1. The first-order valence-electron chi connectivity index (χ1n) is 6.55. The molecule has 0 heterocycles. The van der Waals surface area contributed by atoms with Gasteiger partial charge >= 0.3 is 0 Å². The molecule has 0 aliphatic heterocycles. The Balaban J connectivity index is 2.07. The molecular weight excluding hydrogens is 401 g/mol. The average molecular weight is 417 g/mol. The zero-order valence-corrected chi connectivity index (χ0v) is 14.9. The van der Waals surface area contributed by atoms with E-state index in [4.69, 9.17) is 0 Å². The Hall–Kier alpha value is -0.910. The largest absolute Gasteiger partial charge is 0.506 e. The molecule has 2 rings (SSSR count). The molecule has 0 fully saturated rings. The van der Waals surface area contributed by atoms with E-state index in [1.54, 1.807) is 19.1 Å². The summed E-state index contributed by atoms with van der Waals surface area (Å²) in [4.78, 5) is 0. The molecule has 0 amide bonds. The van der Waals surface area contributed by atoms with E-state index in [9.17, 15) is 9.50 Å². The molecule has 2 aromatic carbocycles. The number of benzene rings is 2. The summed E-state index contributed by atoms with van der Waals surface area (Å²) < 4.78 is 14.9. The van der Waals surface area contributed by atoms with Crippen molar-refractivity contribution in [3.8, 4) is 5.75 Å². The van der Waals surface area contributed by atoms with Crippen LogP contribution in [-0.4, -0.2) is 5.11 Å². The molecule has 1 unspecified atom stereocenters. The number of phenolic OH excluding ortho intramolecular Hbond substituents is 1. The van der Waals surface area contributed by atoms with E-state index in [0.29, 0.717) is 21.1 Å². The number of hydrogen-bond acceptors (Lipinski definition) is 2. The Morgan fingerprint density at radius 1 is 1.19 bits per heavy atom. The number of rotatable bonds is 4. The van der Waals surface area contributed by atoms with E-state index in [1.165, 1.54) is 0 Å². The van der Waals surface area contributed by atoms with E-state index in [2.05, 4.69) is 37.2 Å². The molecule has 21 heavy (non-hydrogen) atoms. The van der Waals surface area contributed by atoms with Crippen molar-refractivity contribution < 1.29 is 9.50 Å². The van der Waals surface area contributed by atoms with Crippen molar-refractivity contribution in [2.75, 3.05) is 0 Å². The van der Waals surface area contributed by atoms with Gasteiger partial charge in [0.2, 0.25) is 0 Å². The van der Waals surface area contributed by atoms with Gasteiger partial charge in [-0.1, -0.05) is 12.1 Å². The van der Waals surface area contributed by atoms with Gasteiger partial charge in [-0.05, 0) is 80.6 Å². The van der Waals surface area contributed by atoms with Gasteiger partial charge in [0.05, 0.1) is 8.95 Å². The first kappa shape index (κ1) is 16.5. The van der Waals surface area contributed by atoms with Crippen LogP contribution in [0.5, 0.6) is 5.75 Å². The zero-order chi connectivity index (χ0) is 15.6. The normalized spacial score (nSPS) is 12.4. The average Bonchev–Trinajstić information content (AvgIpc) is 2.44. The lowest BCUT2D eigenvalue weighted by molar-refractivity contribution is 0.467. The molecule has 0 spiro atoms. The molecule has 2 N–H and O–H groups in total. The second-order valence-corrected chi connectivity index (χ2v) is 6.73. The Kier molecular flexibility index (Phi) is 5.41. The standard InChI is InChI=1S/C16H16Br2FNO/c1-9-3-4-12(7-15(9)19)10(2)20-8-11-5-13(17)16(21)14(18)6-11/h3-7,10,20-21H,8H2,1-2H3. The predicted molar refractivity (Wildman–Crippen MR) is 89.9 cm³/mol. The minimum Gasteiger partial charge on any atom is -0.506 e. The van der Waals surface area contributed by atoms with Gasteiger partial charge in [-0.25, -0.2) is 4.39 Å². The highest BCUT2D eigenvalue weighted by molar-refractivity contribution is 9.11. The molecule has 0 bridgehead atoms. The van der Waals surface area contributed by atoms with Crippen LogP contribution in [0.4, 0.5) is 4.39 Å². The second kappa shape index (κ2) is 6.90. The molecule has 5 heteroatoms. The van der Waals surface area contributed by atoms with Gasteiger partial charge < -0.3 is 10.4 Å². The molecule has 0 aliphatic carbocycles. The number of hydrogen-bond donors (Lipinski definition) is 2. The lowest BCUT2D eigenvalue weighted by Crippen LogP contribution is -2.18. The fraction of sp³-hybridized carbons (Fsp3) is 0.250. The molecule has 2 aromatic rings. The Morgan fingerprint density at radius 2 is 1.81 bits per heavy atom. The summed E-state index contributed by atoms with van der Waals surface area (Å²) in [5, 5.41) is 13.0. The highest BCUT2D eigenvalue weighted by Crippen LogP contribution is 2.33. The molecule has 0 aromatic heterocycles. The molecule has 112 valence electrons. The molecule has 0 aliphatic rings. The third kappa shape index (κ3) is 4.05. The van der Waals surface area contributed by atoms with Gasteiger partial charge in [-0.15, -0.1) is 0 Å². The quantitative estimate of drug-likeness (QED) is 0.716. The first-order chi connectivity index (χ1) is 9.88. The Bertz CT molecular complexity index is 638. The minimum atomic E-state index is -0.184. The molecule has 1 atom stereocenters. The first-order valence-corrected chi connectivity index (χ1v) is 8.13. The molecule has 0 radical (unpaired) electrons. The summed E-state index contributed by atoms with van der Waals surface area (Å²) in [6.07, 6.45) is 0. The van der Waals surface area contributed by atoms with Crippen molar-refractivity contribution in [3.63, 3.8) is 0 Å². The van der Waals surface area contributed by atoms with Crippen molar-refractivity contribution in [1.29, 1.82) is 0 Å². The van der Waals surface area contributed by atoms with Gasteiger partial charge in [0.15, 0.2) is 0 Å². The van der Waals surface area contributed by atoms with Gasteiger partial charge in [-0.2, -0.15) is 0 Å². The van der Waals surface area contributed by atoms with Crippen LogP contribution in [-0.2, 0) is 6.54 Å². The lowest BCUT2D eigenvalue weighted by Gasteiger charge is -2.15. The Morgan fingerprint density at radius 3 is 2.38 bits per heavy atom. The van der Waals surface area contributed by atoms with Crippen LogP contribution in [0.15, 0.2) is 39.3 Å². The number of phenols is 1. The predicted octanol–water partition coefficient (Wildman–Crippen LogP) is 5.22. The maximum Gasteiger partial charge on any atom is 0.143 e. The number of aromatic hydroxyl groups is 1. The van der Waals surface area contributed by atoms with Crippen molar-refractivity contribution in [2.45, 2.75) is 26.4 Å². The summed E-state index contributed by atoms with van der Waals surface area (Å²) in [5.41, 5.74) is 2.58. The van der Waals surface area contributed by atoms with Crippen LogP contribution in [0.1, 0.15) is 29.7 Å². The number of aryl methyl sites for hydroxylation is 1. The summed E-state index contributed by atoms with van der Waals surface area (Å²) >= 11 is 6.62. The van der Waals surface area contributed by atoms with E-state index in [0.717, 1.165) is 11.1 Å². The van der Waals surface area contributed by atoms with Gasteiger partial charge in [-0.3, -0.25) is 0 Å². The Labute approximate surface area is 140 Å². The fourth-order valence-electron chi connectivity index (χ4n) is 1.99. The third-order valence-electron chi connectivity index (χ3n) is 3.38. The smallest absolute Gasteiger partial charge is 0.143 e. The molecule has 2 nitrogen and oxygen atoms in total. The van der Waals surface area contributed by atoms with Crippen molar-refractivity contribution >= 4 is 31.9 Å². The summed E-state index contributed by atoms with van der Waals surface area (Å²) in [7, 11) is 0. The topological polar surface area (TPSA) is 32.3 Å². The second-order valence-electron chi connectivity index (χ2n) is 5.02. The SMILES string of the molecule is Cc1ccc(C(C)NCc2cc(Br)c(O)c(Br)c2)cc1F. The van der Waals surface area contributed by atoms with E-state index in [-0.39, 0.29) is 17.6 Å². The van der Waals surface area contributed by atoms with Crippen LogP contribution in [0.3, 0.4) is 0 Å². The van der Waals surface area contributed by atoms with Crippen LogP contribution < -0.4 is 5.32 Å². The van der Waals surface area contributed by atoms with E-state index >= 15 is 0 Å². The van der Waals surface area contributed by atoms with Gasteiger partial charge in [0, 0.05) is 12.6 Å². The fourth-order valence-corrected chi connectivity index (χ4v) is 3.27. The van der Waals surface area contributed by atoms with E-state index < -0.39 is 0 Å². The van der Waals surface area contributed by atoms with Crippen molar-refractivity contribution in [3.05, 3.63) is 61.8 Å². The maximum absolute atomic E-state index is 13.6. The highest BCUT2D eigenvalue weighted by Gasteiger charge is 2.09. The van der Waals surface area contributed by atoms with Crippen molar-refractivity contribution in [1.82, 2.24) is 5.32 Å². The summed E-state index contributed by atoms with van der Waals surface area (Å²) in [5.74, 6) is 0.00340.